The zero-order valence-corrected chi connectivity index (χ0v) is 22.8. The van der Waals surface area contributed by atoms with E-state index in [9.17, 15) is 19.5 Å². The van der Waals surface area contributed by atoms with Crippen molar-refractivity contribution in [3.8, 4) is 0 Å². The fourth-order valence-electron chi connectivity index (χ4n) is 6.77. The van der Waals surface area contributed by atoms with E-state index in [1.807, 2.05) is 0 Å². The monoisotopic (exact) mass is 532 g/mol. The smallest absolute Gasteiger partial charge is 0.248 e. The number of hydrogen-bond acceptors (Lipinski definition) is 7. The number of hydrogen-bond donors (Lipinski definition) is 1. The molecule has 4 fully saturated rings. The molecule has 4 rings (SSSR count). The minimum Gasteiger partial charge on any atom is -0.396 e. The Balaban J connectivity index is 1.60. The molecule has 212 valence electrons. The van der Waals surface area contributed by atoms with Crippen LogP contribution < -0.4 is 0 Å². The van der Waals surface area contributed by atoms with Gasteiger partial charge in [-0.15, -0.1) is 13.2 Å². The second-order valence-electron chi connectivity index (χ2n) is 10.9. The van der Waals surface area contributed by atoms with E-state index < -0.39 is 23.5 Å². The number of nitrogens with zero attached hydrogens (tertiary/aromatic N) is 4. The summed E-state index contributed by atoms with van der Waals surface area (Å²) in [5, 5.41) is 9.22. The van der Waals surface area contributed by atoms with E-state index in [1.54, 1.807) is 33.9 Å². The fourth-order valence-corrected chi connectivity index (χ4v) is 6.77. The lowest BCUT2D eigenvalue weighted by atomic mass is 9.70. The number of amides is 3. The fraction of sp³-hybridized carbons (Fsp3) is 0.750. The highest BCUT2D eigenvalue weighted by molar-refractivity contribution is 5.99. The van der Waals surface area contributed by atoms with Crippen LogP contribution >= 0.6 is 0 Å². The molecule has 0 aromatic rings. The van der Waals surface area contributed by atoms with Gasteiger partial charge in [0.1, 0.15) is 11.6 Å². The molecule has 2 unspecified atom stereocenters. The molecular formula is C28H44N4O6. The average molecular weight is 533 g/mol. The van der Waals surface area contributed by atoms with Gasteiger partial charge in [0.05, 0.1) is 31.2 Å². The maximum Gasteiger partial charge on any atom is 0.248 e. The topological polar surface area (TPSA) is 103 Å². The first-order valence-electron chi connectivity index (χ1n) is 14.0. The second kappa shape index (κ2) is 12.7. The standard InChI is InChI=1S/C28H44N4O6/c1-4-11-29(3)25(34)22-21-9-10-28(38-21)23(22)26(35)32(13-7-6-8-18-33)24(28)27(36)31(12-5-2)15-14-30-16-19-37-20-17-30/h4-5,21-24,33H,1-2,6-20H2,3H3/t21-,22+,23+,24?,28?/m1/s1. The Labute approximate surface area is 226 Å². The maximum absolute atomic E-state index is 14.3. The predicted octanol–water partition coefficient (Wildman–Crippen LogP) is 0.515. The number of carbonyl (C=O) groups excluding carboxylic acids is 3. The van der Waals surface area contributed by atoms with Crippen molar-refractivity contribution in [1.29, 1.82) is 0 Å². The molecule has 4 aliphatic heterocycles. The first kappa shape index (κ1) is 28.7. The van der Waals surface area contributed by atoms with Gasteiger partial charge in [-0.25, -0.2) is 0 Å². The van der Waals surface area contributed by atoms with Gasteiger partial charge in [-0.1, -0.05) is 12.2 Å². The zero-order chi connectivity index (χ0) is 27.3. The lowest BCUT2D eigenvalue weighted by Crippen LogP contribution is -2.57. The van der Waals surface area contributed by atoms with Crippen LogP contribution in [-0.2, 0) is 23.9 Å². The van der Waals surface area contributed by atoms with E-state index in [-0.39, 0.29) is 30.4 Å². The van der Waals surface area contributed by atoms with Crippen LogP contribution in [0.15, 0.2) is 25.3 Å². The molecule has 1 N–H and O–H groups in total. The molecule has 0 aliphatic carbocycles. The van der Waals surface area contributed by atoms with Gasteiger partial charge in [-0.05, 0) is 32.1 Å². The number of aliphatic hydroxyl groups excluding tert-OH is 1. The first-order chi connectivity index (χ1) is 18.4. The first-order valence-corrected chi connectivity index (χ1v) is 14.0. The van der Waals surface area contributed by atoms with Crippen molar-refractivity contribution in [3.63, 3.8) is 0 Å². The molecule has 10 heteroatoms. The zero-order valence-electron chi connectivity index (χ0n) is 22.8. The summed E-state index contributed by atoms with van der Waals surface area (Å²) in [6.07, 6.45) is 6.32. The van der Waals surface area contributed by atoms with Gasteiger partial charge in [0.2, 0.25) is 17.7 Å². The van der Waals surface area contributed by atoms with Crippen LogP contribution in [0, 0.1) is 11.8 Å². The highest BCUT2D eigenvalue weighted by atomic mass is 16.5. The van der Waals surface area contributed by atoms with E-state index in [0.29, 0.717) is 71.6 Å². The molecule has 38 heavy (non-hydrogen) atoms. The van der Waals surface area contributed by atoms with E-state index >= 15 is 0 Å². The Morgan fingerprint density at radius 2 is 1.84 bits per heavy atom. The van der Waals surface area contributed by atoms with Gasteiger partial charge in [-0.2, -0.15) is 0 Å². The van der Waals surface area contributed by atoms with Crippen molar-refractivity contribution in [2.45, 2.75) is 49.9 Å². The number of aliphatic hydroxyl groups is 1. The summed E-state index contributed by atoms with van der Waals surface area (Å²) in [5.74, 6) is -1.69. The second-order valence-corrected chi connectivity index (χ2v) is 10.9. The van der Waals surface area contributed by atoms with E-state index in [0.717, 1.165) is 19.5 Å². The van der Waals surface area contributed by atoms with Gasteiger partial charge in [-0.3, -0.25) is 19.3 Å². The summed E-state index contributed by atoms with van der Waals surface area (Å²) in [7, 11) is 1.72. The number of likely N-dealkylation sites (tertiary alicyclic amines) is 1. The molecule has 0 aromatic carbocycles. The molecule has 0 saturated carbocycles. The minimum absolute atomic E-state index is 0.0918. The normalized spacial score (nSPS) is 30.4. The predicted molar refractivity (Wildman–Crippen MR) is 142 cm³/mol. The van der Waals surface area contributed by atoms with E-state index in [1.165, 1.54) is 0 Å². The van der Waals surface area contributed by atoms with Gasteiger partial charge < -0.3 is 29.3 Å². The highest BCUT2D eigenvalue weighted by Crippen LogP contribution is 2.58. The molecule has 4 aliphatic rings. The van der Waals surface area contributed by atoms with Gasteiger partial charge in [0.25, 0.3) is 0 Å². The quantitative estimate of drug-likeness (QED) is 0.257. The Morgan fingerprint density at radius 1 is 1.11 bits per heavy atom. The molecule has 4 saturated heterocycles. The van der Waals surface area contributed by atoms with Gasteiger partial charge in [0, 0.05) is 59.5 Å². The van der Waals surface area contributed by atoms with E-state index in [4.69, 9.17) is 9.47 Å². The molecular weight excluding hydrogens is 488 g/mol. The van der Waals surface area contributed by atoms with Gasteiger partial charge in [0.15, 0.2) is 0 Å². The minimum atomic E-state index is -0.996. The maximum atomic E-state index is 14.3. The van der Waals surface area contributed by atoms with Crippen LogP contribution in [0.25, 0.3) is 0 Å². The van der Waals surface area contributed by atoms with Crippen molar-refractivity contribution in [2.75, 3.05) is 72.7 Å². The van der Waals surface area contributed by atoms with Crippen LogP contribution in [0.3, 0.4) is 0 Å². The molecule has 4 heterocycles. The summed E-state index contributed by atoms with van der Waals surface area (Å²) in [5.41, 5.74) is -0.996. The van der Waals surface area contributed by atoms with Crippen molar-refractivity contribution in [3.05, 3.63) is 25.3 Å². The SMILES string of the molecule is C=CCN(C)C(=O)[C@@H]1[C@H]2C(=O)N(CCCCCO)C(C(=O)N(CC=C)CCN3CCOCC3)C23CC[C@H]1O3. The van der Waals surface area contributed by atoms with Crippen molar-refractivity contribution < 1.29 is 29.0 Å². The Morgan fingerprint density at radius 3 is 2.53 bits per heavy atom. The van der Waals surface area contributed by atoms with E-state index in [2.05, 4.69) is 18.1 Å². The average Bonchev–Trinajstić information content (AvgIpc) is 3.56. The summed E-state index contributed by atoms with van der Waals surface area (Å²) in [4.78, 5) is 49.2. The number of fused-ring (bicyclic) bond motifs is 1. The third-order valence-electron chi connectivity index (χ3n) is 8.61. The summed E-state index contributed by atoms with van der Waals surface area (Å²) in [6, 6.07) is -0.772. The Kier molecular flexibility index (Phi) is 9.62. The highest BCUT2D eigenvalue weighted by Gasteiger charge is 2.74. The molecule has 0 radical (unpaired) electrons. The summed E-state index contributed by atoms with van der Waals surface area (Å²) in [6.45, 7) is 13.1. The number of likely N-dealkylation sites (N-methyl/N-ethyl adjacent to an activating group) is 1. The molecule has 0 aromatic heterocycles. The van der Waals surface area contributed by atoms with Crippen molar-refractivity contribution in [1.82, 2.24) is 19.6 Å². The largest absolute Gasteiger partial charge is 0.396 e. The Bertz CT molecular complexity index is 893. The third-order valence-corrected chi connectivity index (χ3v) is 8.61. The lowest BCUT2D eigenvalue weighted by molar-refractivity contribution is -0.148. The molecule has 2 bridgehead atoms. The molecule has 1 spiro atoms. The van der Waals surface area contributed by atoms with Crippen LogP contribution in [-0.4, -0.2) is 133 Å². The Hall–Kier alpha value is -2.27. The van der Waals surface area contributed by atoms with Crippen LogP contribution in [0.1, 0.15) is 32.1 Å². The van der Waals surface area contributed by atoms with Crippen molar-refractivity contribution >= 4 is 17.7 Å². The van der Waals surface area contributed by atoms with Crippen LogP contribution in [0.4, 0.5) is 0 Å². The van der Waals surface area contributed by atoms with Crippen LogP contribution in [0.5, 0.6) is 0 Å². The molecule has 3 amide bonds. The number of carbonyl (C=O) groups is 3. The molecule has 5 atom stereocenters. The lowest BCUT2D eigenvalue weighted by Gasteiger charge is -2.37. The molecule has 10 nitrogen and oxygen atoms in total. The number of rotatable bonds is 14. The van der Waals surface area contributed by atoms with Crippen molar-refractivity contribution in [2.24, 2.45) is 11.8 Å². The summed E-state index contributed by atoms with van der Waals surface area (Å²) < 4.78 is 12.0. The number of morpholine rings is 1. The number of ether oxygens (including phenoxy) is 2. The van der Waals surface area contributed by atoms with Crippen LogP contribution in [0.2, 0.25) is 0 Å². The third kappa shape index (κ3) is 5.41. The summed E-state index contributed by atoms with van der Waals surface area (Å²) >= 11 is 0. The van der Waals surface area contributed by atoms with Gasteiger partial charge >= 0.3 is 0 Å². The number of unbranched alkanes of at least 4 members (excludes halogenated alkanes) is 2.